The summed E-state index contributed by atoms with van der Waals surface area (Å²) in [5.41, 5.74) is 0.927. The minimum atomic E-state index is -0.444. The van der Waals surface area contributed by atoms with Gasteiger partial charge in [-0.05, 0) is 37.3 Å². The molecule has 0 bridgehead atoms. The summed E-state index contributed by atoms with van der Waals surface area (Å²) >= 11 is 0. The van der Waals surface area contributed by atoms with Crippen LogP contribution in [0.15, 0.2) is 30.3 Å². The Balaban J connectivity index is 1.93. The average molecular weight is 261 g/mol. The van der Waals surface area contributed by atoms with Crippen molar-refractivity contribution in [3.63, 3.8) is 0 Å². The van der Waals surface area contributed by atoms with Gasteiger partial charge in [0.25, 0.3) is 0 Å². The molecule has 1 fully saturated rings. The highest BCUT2D eigenvalue weighted by Gasteiger charge is 2.34. The zero-order chi connectivity index (χ0) is 13.7. The van der Waals surface area contributed by atoms with E-state index in [4.69, 9.17) is 0 Å². The smallest absolute Gasteiger partial charge is 0.0685 e. The number of aliphatic hydroxyl groups is 1. The number of hydrogen-bond donors (Lipinski definition) is 1. The second kappa shape index (κ2) is 6.53. The third kappa shape index (κ3) is 3.80. The van der Waals surface area contributed by atoms with Crippen LogP contribution in [0.1, 0.15) is 45.1 Å². The van der Waals surface area contributed by atoms with E-state index in [0.29, 0.717) is 5.92 Å². The minimum Gasteiger partial charge on any atom is -0.390 e. The second-order valence-corrected chi connectivity index (χ2v) is 6.03. The van der Waals surface area contributed by atoms with Crippen LogP contribution in [0.3, 0.4) is 0 Å². The van der Waals surface area contributed by atoms with Crippen LogP contribution < -0.4 is 0 Å². The van der Waals surface area contributed by atoms with Crippen molar-refractivity contribution in [3.05, 3.63) is 35.9 Å². The Kier molecular flexibility index (Phi) is 5.00. The van der Waals surface area contributed by atoms with E-state index in [1.165, 1.54) is 5.56 Å². The third-order valence-electron chi connectivity index (χ3n) is 4.72. The van der Waals surface area contributed by atoms with Gasteiger partial charge in [-0.25, -0.2) is 0 Å². The molecule has 0 spiro atoms. The highest BCUT2D eigenvalue weighted by molar-refractivity contribution is 5.14. The maximum absolute atomic E-state index is 10.8. The molecule has 1 saturated heterocycles. The van der Waals surface area contributed by atoms with Gasteiger partial charge in [0.05, 0.1) is 5.60 Å². The minimum absolute atomic E-state index is 0.407. The van der Waals surface area contributed by atoms with E-state index in [2.05, 4.69) is 49.1 Å². The molecule has 2 heteroatoms. The Labute approximate surface area is 117 Å². The first-order chi connectivity index (χ1) is 9.14. The normalized spacial score (nSPS) is 26.9. The fraction of sp³-hybridized carbons (Fsp3) is 0.647. The third-order valence-corrected chi connectivity index (χ3v) is 4.72. The molecule has 1 aliphatic rings. The van der Waals surface area contributed by atoms with Gasteiger partial charge >= 0.3 is 0 Å². The summed E-state index contributed by atoms with van der Waals surface area (Å²) in [5, 5.41) is 10.8. The number of rotatable bonds is 4. The largest absolute Gasteiger partial charge is 0.390 e. The monoisotopic (exact) mass is 261 g/mol. The van der Waals surface area contributed by atoms with Gasteiger partial charge in [0.15, 0.2) is 0 Å². The molecule has 0 aromatic heterocycles. The summed E-state index contributed by atoms with van der Waals surface area (Å²) in [6.07, 6.45) is 4.03. The van der Waals surface area contributed by atoms with E-state index < -0.39 is 5.60 Å². The van der Waals surface area contributed by atoms with E-state index >= 15 is 0 Å². The maximum Gasteiger partial charge on any atom is 0.0685 e. The molecule has 0 saturated carbocycles. The van der Waals surface area contributed by atoms with Gasteiger partial charge in [-0.2, -0.15) is 0 Å². The van der Waals surface area contributed by atoms with E-state index in [0.717, 1.165) is 45.3 Å². The van der Waals surface area contributed by atoms with Crippen molar-refractivity contribution in [2.24, 2.45) is 5.92 Å². The molecular formula is C17H27NO. The molecule has 1 N–H and O–H groups in total. The fourth-order valence-electron chi connectivity index (χ4n) is 3.07. The molecular weight excluding hydrogens is 234 g/mol. The van der Waals surface area contributed by atoms with E-state index in [1.54, 1.807) is 0 Å². The molecule has 2 atom stereocenters. The van der Waals surface area contributed by atoms with Gasteiger partial charge in [-0.3, -0.25) is 4.90 Å². The molecule has 1 aromatic carbocycles. The first-order valence-corrected chi connectivity index (χ1v) is 7.63. The summed E-state index contributed by atoms with van der Waals surface area (Å²) in [6.45, 7) is 7.49. The topological polar surface area (TPSA) is 23.5 Å². The summed E-state index contributed by atoms with van der Waals surface area (Å²) in [5.74, 6) is 0.407. The van der Waals surface area contributed by atoms with Crippen LogP contribution in [-0.2, 0) is 6.54 Å². The lowest BCUT2D eigenvalue weighted by Crippen LogP contribution is -2.37. The van der Waals surface area contributed by atoms with Crippen LogP contribution in [0.5, 0.6) is 0 Å². The number of benzene rings is 1. The Bertz CT molecular complexity index is 378. The van der Waals surface area contributed by atoms with Crippen LogP contribution in [0.4, 0.5) is 0 Å². The molecule has 0 amide bonds. The van der Waals surface area contributed by atoms with Crippen LogP contribution in [0.25, 0.3) is 0 Å². The predicted molar refractivity (Wildman–Crippen MR) is 80.0 cm³/mol. The summed E-state index contributed by atoms with van der Waals surface area (Å²) in [7, 11) is 0. The molecule has 0 radical (unpaired) electrons. The number of likely N-dealkylation sites (tertiary alicyclic amines) is 1. The molecule has 0 aliphatic carbocycles. The van der Waals surface area contributed by atoms with Crippen molar-refractivity contribution in [1.82, 2.24) is 4.90 Å². The second-order valence-electron chi connectivity index (χ2n) is 6.03. The van der Waals surface area contributed by atoms with E-state index in [9.17, 15) is 5.11 Å². The van der Waals surface area contributed by atoms with Crippen molar-refractivity contribution in [2.45, 2.75) is 51.7 Å². The number of hydrogen-bond acceptors (Lipinski definition) is 2. The number of nitrogens with zero attached hydrogens (tertiary/aromatic N) is 1. The van der Waals surface area contributed by atoms with Gasteiger partial charge in [0.1, 0.15) is 0 Å². The highest BCUT2D eigenvalue weighted by Crippen LogP contribution is 2.31. The Morgan fingerprint density at radius 2 is 1.95 bits per heavy atom. The zero-order valence-corrected chi connectivity index (χ0v) is 12.3. The molecule has 2 unspecified atom stereocenters. The van der Waals surface area contributed by atoms with Crippen LogP contribution in [-0.4, -0.2) is 28.7 Å². The zero-order valence-electron chi connectivity index (χ0n) is 12.3. The van der Waals surface area contributed by atoms with Gasteiger partial charge in [0.2, 0.25) is 0 Å². The van der Waals surface area contributed by atoms with Gasteiger partial charge < -0.3 is 5.11 Å². The molecule has 2 rings (SSSR count). The van der Waals surface area contributed by atoms with Crippen molar-refractivity contribution >= 4 is 0 Å². The van der Waals surface area contributed by atoms with Gasteiger partial charge in [-0.15, -0.1) is 0 Å². The van der Waals surface area contributed by atoms with Crippen molar-refractivity contribution in [3.8, 4) is 0 Å². The summed E-state index contributed by atoms with van der Waals surface area (Å²) in [6, 6.07) is 10.6. The van der Waals surface area contributed by atoms with Crippen LogP contribution >= 0.6 is 0 Å². The van der Waals surface area contributed by atoms with Crippen molar-refractivity contribution < 1.29 is 5.11 Å². The molecule has 19 heavy (non-hydrogen) atoms. The first-order valence-electron chi connectivity index (χ1n) is 7.63. The quantitative estimate of drug-likeness (QED) is 0.897. The first kappa shape index (κ1) is 14.5. The SMILES string of the molecule is CCC(C)C1(O)CCCN(Cc2ccccc2)CC1. The summed E-state index contributed by atoms with van der Waals surface area (Å²) in [4.78, 5) is 2.48. The van der Waals surface area contributed by atoms with Crippen molar-refractivity contribution in [2.75, 3.05) is 13.1 Å². The van der Waals surface area contributed by atoms with Crippen LogP contribution in [0, 0.1) is 5.92 Å². The Morgan fingerprint density at radius 1 is 1.21 bits per heavy atom. The summed E-state index contributed by atoms with van der Waals surface area (Å²) < 4.78 is 0. The molecule has 1 aromatic rings. The average Bonchev–Trinajstić information content (AvgIpc) is 2.62. The Hall–Kier alpha value is -0.860. The van der Waals surface area contributed by atoms with Gasteiger partial charge in [0, 0.05) is 13.1 Å². The lowest BCUT2D eigenvalue weighted by atomic mass is 9.81. The fourth-order valence-corrected chi connectivity index (χ4v) is 3.07. The molecule has 2 nitrogen and oxygen atoms in total. The van der Waals surface area contributed by atoms with E-state index in [-0.39, 0.29) is 0 Å². The van der Waals surface area contributed by atoms with Gasteiger partial charge in [-0.1, -0.05) is 50.6 Å². The lowest BCUT2D eigenvalue weighted by molar-refractivity contribution is -0.0261. The molecule has 1 aliphatic heterocycles. The predicted octanol–water partition coefficient (Wildman–Crippen LogP) is 3.45. The van der Waals surface area contributed by atoms with Crippen LogP contribution in [0.2, 0.25) is 0 Å². The highest BCUT2D eigenvalue weighted by atomic mass is 16.3. The maximum atomic E-state index is 10.8. The lowest BCUT2D eigenvalue weighted by Gasteiger charge is -2.32. The molecule has 106 valence electrons. The van der Waals surface area contributed by atoms with Crippen molar-refractivity contribution in [1.29, 1.82) is 0 Å². The Morgan fingerprint density at radius 3 is 2.63 bits per heavy atom. The van der Waals surface area contributed by atoms with E-state index in [1.807, 2.05) is 0 Å². The molecule has 1 heterocycles. The standard InChI is InChI=1S/C17H27NO/c1-3-15(2)17(19)10-7-12-18(13-11-17)14-16-8-5-4-6-9-16/h4-6,8-9,15,19H,3,7,10-14H2,1-2H3.